The first-order valence-electron chi connectivity index (χ1n) is 9.39. The number of furan rings is 1. The number of hydrogen-bond donors (Lipinski definition) is 1. The third-order valence-corrected chi connectivity index (χ3v) is 5.58. The van der Waals surface area contributed by atoms with Gasteiger partial charge >= 0.3 is 0 Å². The van der Waals surface area contributed by atoms with Crippen LogP contribution in [0.15, 0.2) is 52.5 Å². The minimum absolute atomic E-state index is 0.0610. The van der Waals surface area contributed by atoms with Crippen molar-refractivity contribution in [2.24, 2.45) is 0 Å². The molecule has 3 heterocycles. The van der Waals surface area contributed by atoms with Crippen molar-refractivity contribution in [1.82, 2.24) is 15.2 Å². The maximum Gasteiger partial charge on any atom is 0.226 e. The summed E-state index contributed by atoms with van der Waals surface area (Å²) in [5.74, 6) is 0.679. The highest BCUT2D eigenvalue weighted by Gasteiger charge is 2.12. The van der Waals surface area contributed by atoms with Crippen molar-refractivity contribution in [1.29, 1.82) is 0 Å². The first-order chi connectivity index (χ1) is 13.8. The van der Waals surface area contributed by atoms with Crippen LogP contribution in [0, 0.1) is 0 Å². The summed E-state index contributed by atoms with van der Waals surface area (Å²) in [4.78, 5) is 19.1. The molecular weight excluding hydrogens is 374 g/mol. The normalized spacial score (nSPS) is 14.9. The highest BCUT2D eigenvalue weighted by atomic mass is 32.1. The lowest BCUT2D eigenvalue weighted by Crippen LogP contribution is -2.35. The molecule has 28 heavy (non-hydrogen) atoms. The van der Waals surface area contributed by atoms with Gasteiger partial charge in [0.05, 0.1) is 38.1 Å². The van der Waals surface area contributed by atoms with Crippen LogP contribution in [0.2, 0.25) is 0 Å². The van der Waals surface area contributed by atoms with Gasteiger partial charge < -0.3 is 14.5 Å². The van der Waals surface area contributed by atoms with Gasteiger partial charge in [-0.1, -0.05) is 24.3 Å². The second-order valence-corrected chi connectivity index (χ2v) is 7.62. The molecule has 0 bridgehead atoms. The third kappa shape index (κ3) is 5.07. The summed E-state index contributed by atoms with van der Waals surface area (Å²) < 4.78 is 10.6. The van der Waals surface area contributed by atoms with E-state index in [9.17, 15) is 4.79 Å². The topological polar surface area (TPSA) is 67.6 Å². The minimum atomic E-state index is -0.0610. The third-order valence-electron chi connectivity index (χ3n) is 4.64. The van der Waals surface area contributed by atoms with Gasteiger partial charge in [0.2, 0.25) is 5.91 Å². The molecular formula is C21H23N3O3S. The van der Waals surface area contributed by atoms with E-state index in [0.29, 0.717) is 6.54 Å². The predicted octanol–water partition coefficient (Wildman–Crippen LogP) is 3.09. The first-order valence-corrected chi connectivity index (χ1v) is 10.3. The lowest BCUT2D eigenvalue weighted by atomic mass is 10.1. The molecule has 1 N–H and O–H groups in total. The molecule has 4 rings (SSSR count). The first kappa shape index (κ1) is 18.9. The van der Waals surface area contributed by atoms with Crippen LogP contribution in [0.5, 0.6) is 0 Å². The van der Waals surface area contributed by atoms with Crippen LogP contribution >= 0.6 is 11.3 Å². The Labute approximate surface area is 168 Å². The van der Waals surface area contributed by atoms with Crippen molar-refractivity contribution in [2.45, 2.75) is 19.5 Å². The molecule has 6 nitrogen and oxygen atoms in total. The number of carbonyl (C=O) groups excluding carboxylic acids is 1. The Hall–Kier alpha value is -2.48. The molecule has 0 radical (unpaired) electrons. The number of ether oxygens (including phenoxy) is 1. The van der Waals surface area contributed by atoms with Crippen molar-refractivity contribution >= 4 is 17.2 Å². The van der Waals surface area contributed by atoms with Gasteiger partial charge in [0.15, 0.2) is 0 Å². The van der Waals surface area contributed by atoms with Crippen molar-refractivity contribution in [3.8, 4) is 10.6 Å². The quantitative estimate of drug-likeness (QED) is 0.664. The van der Waals surface area contributed by atoms with E-state index in [1.807, 2.05) is 11.4 Å². The number of carbonyl (C=O) groups is 1. The fourth-order valence-corrected chi connectivity index (χ4v) is 3.94. The number of rotatable bonds is 7. The molecule has 0 aliphatic carbocycles. The Morgan fingerprint density at radius 1 is 1.18 bits per heavy atom. The number of hydrogen-bond acceptors (Lipinski definition) is 6. The number of morpholine rings is 1. The van der Waals surface area contributed by atoms with Crippen molar-refractivity contribution in [2.75, 3.05) is 26.3 Å². The lowest BCUT2D eigenvalue weighted by Gasteiger charge is -2.26. The van der Waals surface area contributed by atoms with E-state index < -0.39 is 0 Å². The van der Waals surface area contributed by atoms with E-state index >= 15 is 0 Å². The Bertz CT molecular complexity index is 884. The molecule has 0 atom stereocenters. The number of nitrogens with one attached hydrogen (secondary N) is 1. The Morgan fingerprint density at radius 3 is 2.75 bits per heavy atom. The number of thiazole rings is 1. The van der Waals surface area contributed by atoms with Gasteiger partial charge in [-0.3, -0.25) is 9.69 Å². The van der Waals surface area contributed by atoms with Crippen LogP contribution in [-0.2, 0) is 29.0 Å². The van der Waals surface area contributed by atoms with Crippen molar-refractivity contribution < 1.29 is 13.9 Å². The molecule has 1 fully saturated rings. The standard InChI is InChI=1S/C21H23N3O3S/c25-20(22-13-19-2-1-9-27-19)12-18-15-28-21(23-18)17-5-3-16(4-6-17)14-24-7-10-26-11-8-24/h1-6,9,15H,7-8,10-14H2,(H,22,25). The minimum Gasteiger partial charge on any atom is -0.467 e. The summed E-state index contributed by atoms with van der Waals surface area (Å²) in [6, 6.07) is 12.2. The molecule has 7 heteroatoms. The zero-order chi connectivity index (χ0) is 19.2. The zero-order valence-electron chi connectivity index (χ0n) is 15.6. The summed E-state index contributed by atoms with van der Waals surface area (Å²) in [6.07, 6.45) is 1.87. The Balaban J connectivity index is 1.31. The van der Waals surface area contributed by atoms with E-state index in [4.69, 9.17) is 9.15 Å². The van der Waals surface area contributed by atoms with Crippen molar-refractivity contribution in [3.05, 3.63) is 65.1 Å². The van der Waals surface area contributed by atoms with Crippen LogP contribution in [0.4, 0.5) is 0 Å². The summed E-state index contributed by atoms with van der Waals surface area (Å²) in [5.41, 5.74) is 3.16. The summed E-state index contributed by atoms with van der Waals surface area (Å²) in [6.45, 7) is 4.94. The van der Waals surface area contributed by atoms with Gasteiger partial charge in [-0.15, -0.1) is 11.3 Å². The molecule has 146 valence electrons. The maximum atomic E-state index is 12.1. The molecule has 1 amide bonds. The second-order valence-electron chi connectivity index (χ2n) is 6.76. The highest BCUT2D eigenvalue weighted by molar-refractivity contribution is 7.13. The molecule has 0 unspecified atom stereocenters. The van der Waals surface area contributed by atoms with Gasteiger partial charge in [-0.25, -0.2) is 4.98 Å². The van der Waals surface area contributed by atoms with E-state index in [1.165, 1.54) is 5.56 Å². The maximum absolute atomic E-state index is 12.1. The monoisotopic (exact) mass is 397 g/mol. The molecule has 3 aromatic rings. The van der Waals surface area contributed by atoms with E-state index in [0.717, 1.165) is 54.9 Å². The van der Waals surface area contributed by atoms with Crippen LogP contribution in [-0.4, -0.2) is 42.1 Å². The molecule has 1 aromatic carbocycles. The predicted molar refractivity (Wildman–Crippen MR) is 108 cm³/mol. The average Bonchev–Trinajstić information content (AvgIpc) is 3.40. The Kier molecular flexibility index (Phi) is 6.16. The van der Waals surface area contributed by atoms with Gasteiger partial charge in [0, 0.05) is 30.6 Å². The van der Waals surface area contributed by atoms with Gasteiger partial charge in [-0.05, 0) is 17.7 Å². The number of benzene rings is 1. The molecule has 0 saturated carbocycles. The SMILES string of the molecule is O=C(Cc1csc(-c2ccc(CN3CCOCC3)cc2)n1)NCc1ccco1. The van der Waals surface area contributed by atoms with Gasteiger partial charge in [0.1, 0.15) is 10.8 Å². The molecule has 1 aliphatic heterocycles. The fourth-order valence-electron chi connectivity index (χ4n) is 3.12. The van der Waals surface area contributed by atoms with Crippen molar-refractivity contribution in [3.63, 3.8) is 0 Å². The zero-order valence-corrected chi connectivity index (χ0v) is 16.4. The Morgan fingerprint density at radius 2 is 2.00 bits per heavy atom. The molecule has 2 aromatic heterocycles. The van der Waals surface area contributed by atoms with E-state index in [1.54, 1.807) is 23.7 Å². The van der Waals surface area contributed by atoms with E-state index in [2.05, 4.69) is 39.5 Å². The number of nitrogens with zero attached hydrogens (tertiary/aromatic N) is 2. The van der Waals surface area contributed by atoms with E-state index in [-0.39, 0.29) is 12.3 Å². The van der Waals surface area contributed by atoms with Crippen LogP contribution in [0.25, 0.3) is 10.6 Å². The smallest absolute Gasteiger partial charge is 0.226 e. The second kappa shape index (κ2) is 9.14. The van der Waals surface area contributed by atoms with Gasteiger partial charge in [-0.2, -0.15) is 0 Å². The average molecular weight is 398 g/mol. The molecule has 1 saturated heterocycles. The van der Waals surface area contributed by atoms with Crippen LogP contribution < -0.4 is 5.32 Å². The largest absolute Gasteiger partial charge is 0.467 e. The summed E-state index contributed by atoms with van der Waals surface area (Å²) in [5, 5.41) is 5.73. The lowest BCUT2D eigenvalue weighted by molar-refractivity contribution is -0.120. The van der Waals surface area contributed by atoms with Crippen LogP contribution in [0.1, 0.15) is 17.0 Å². The molecule has 1 aliphatic rings. The highest BCUT2D eigenvalue weighted by Crippen LogP contribution is 2.24. The number of aromatic nitrogens is 1. The number of amides is 1. The summed E-state index contributed by atoms with van der Waals surface area (Å²) >= 11 is 1.57. The molecule has 0 spiro atoms. The van der Waals surface area contributed by atoms with Gasteiger partial charge in [0.25, 0.3) is 0 Å². The summed E-state index contributed by atoms with van der Waals surface area (Å²) in [7, 11) is 0. The fraction of sp³-hybridized carbons (Fsp3) is 0.333. The van der Waals surface area contributed by atoms with Crippen LogP contribution in [0.3, 0.4) is 0 Å².